The smallest absolute Gasteiger partial charge is 0.276 e. The van der Waals surface area contributed by atoms with E-state index in [0.29, 0.717) is 12.1 Å². The van der Waals surface area contributed by atoms with Gasteiger partial charge in [0.1, 0.15) is 0 Å². The first-order valence-electron chi connectivity index (χ1n) is 7.21. The predicted molar refractivity (Wildman–Crippen MR) is 83.3 cm³/mol. The van der Waals surface area contributed by atoms with E-state index in [0.717, 1.165) is 23.7 Å². The number of imide groups is 1. The van der Waals surface area contributed by atoms with Gasteiger partial charge in [-0.2, -0.15) is 0 Å². The third-order valence-corrected chi connectivity index (χ3v) is 4.44. The molecule has 7 heteroatoms. The average Bonchev–Trinajstić information content (AvgIpc) is 2.82. The molecule has 1 fully saturated rings. The summed E-state index contributed by atoms with van der Waals surface area (Å²) in [5.41, 5.74) is 2.75. The molecule has 1 N–H and O–H groups in total. The summed E-state index contributed by atoms with van der Waals surface area (Å²) in [5, 5.41) is 5.92. The monoisotopic (exact) mass is 365 g/mol. The zero-order valence-electron chi connectivity index (χ0n) is 12.0. The number of rotatable bonds is 4. The minimum Gasteiger partial charge on any atom is -0.276 e. The highest BCUT2D eigenvalue weighted by atomic mass is 79.9. The third kappa shape index (κ3) is 2.72. The highest BCUT2D eigenvalue weighted by molar-refractivity contribution is 9.09. The number of nitrogens with one attached hydrogen (secondary N) is 1. The molecule has 22 heavy (non-hydrogen) atoms. The fourth-order valence-electron chi connectivity index (χ4n) is 2.77. The maximum Gasteiger partial charge on any atom is 0.342 e. The van der Waals surface area contributed by atoms with Gasteiger partial charge >= 0.3 is 6.03 Å². The van der Waals surface area contributed by atoms with Crippen molar-refractivity contribution in [2.45, 2.75) is 25.8 Å². The Bertz CT molecular complexity index is 647. The first-order valence-corrected chi connectivity index (χ1v) is 8.33. The molecule has 0 aromatic heterocycles. The molecule has 0 radical (unpaired) electrons. The number of hydrogen-bond donors (Lipinski definition) is 1. The molecule has 6 nitrogen and oxygen atoms in total. The van der Waals surface area contributed by atoms with Crippen molar-refractivity contribution in [3.63, 3.8) is 0 Å². The Kier molecular flexibility index (Phi) is 4.15. The van der Waals surface area contributed by atoms with Crippen LogP contribution in [0.5, 0.6) is 0 Å². The molecule has 0 atom stereocenters. The summed E-state index contributed by atoms with van der Waals surface area (Å²) in [7, 11) is 0. The van der Waals surface area contributed by atoms with E-state index in [1.807, 2.05) is 18.2 Å². The van der Waals surface area contributed by atoms with Crippen molar-refractivity contribution in [2.75, 3.05) is 11.9 Å². The van der Waals surface area contributed by atoms with Crippen molar-refractivity contribution in [1.82, 2.24) is 15.3 Å². The molecule has 4 amide bonds. The minimum absolute atomic E-state index is 0.188. The van der Waals surface area contributed by atoms with Crippen LogP contribution in [0.1, 0.15) is 34.3 Å². The Hall–Kier alpha value is -1.89. The molecular formula is C15H16BrN3O3. The van der Waals surface area contributed by atoms with Gasteiger partial charge in [-0.05, 0) is 30.0 Å². The van der Waals surface area contributed by atoms with E-state index >= 15 is 0 Å². The number of hydrazine groups is 1. The standard InChI is InChI=1S/C15H16BrN3O3/c16-6-1-2-10-3-4-12-11(8-10)9-19(14(12)21)18-7-5-13(20)17-15(18)22/h3-4,8H,1-2,5-7,9H2,(H,17,20,22). The van der Waals surface area contributed by atoms with E-state index in [1.165, 1.54) is 15.6 Å². The molecule has 0 unspecified atom stereocenters. The van der Waals surface area contributed by atoms with Crippen LogP contribution >= 0.6 is 15.9 Å². The summed E-state index contributed by atoms with van der Waals surface area (Å²) in [6, 6.07) is 5.29. The lowest BCUT2D eigenvalue weighted by atomic mass is 10.0. The van der Waals surface area contributed by atoms with Crippen LogP contribution in [0.15, 0.2) is 18.2 Å². The van der Waals surface area contributed by atoms with Crippen molar-refractivity contribution < 1.29 is 14.4 Å². The van der Waals surface area contributed by atoms with Crippen LogP contribution in [0.3, 0.4) is 0 Å². The molecule has 0 bridgehead atoms. The van der Waals surface area contributed by atoms with E-state index in [-0.39, 0.29) is 24.8 Å². The lowest BCUT2D eigenvalue weighted by molar-refractivity contribution is -0.123. The fourth-order valence-corrected chi connectivity index (χ4v) is 3.05. The van der Waals surface area contributed by atoms with Gasteiger partial charge in [-0.3, -0.25) is 14.9 Å². The van der Waals surface area contributed by atoms with E-state index in [1.54, 1.807) is 0 Å². The van der Waals surface area contributed by atoms with Crippen LogP contribution < -0.4 is 5.32 Å². The molecule has 3 rings (SSSR count). The van der Waals surface area contributed by atoms with Crippen molar-refractivity contribution >= 4 is 33.8 Å². The number of hydrogen-bond acceptors (Lipinski definition) is 3. The Morgan fingerprint density at radius 3 is 2.73 bits per heavy atom. The number of halogens is 1. The summed E-state index contributed by atoms with van der Waals surface area (Å²) < 4.78 is 0. The van der Waals surface area contributed by atoms with Gasteiger partial charge < -0.3 is 0 Å². The molecule has 1 aromatic carbocycles. The van der Waals surface area contributed by atoms with Crippen LogP contribution in [-0.2, 0) is 17.8 Å². The third-order valence-electron chi connectivity index (χ3n) is 3.88. The summed E-state index contributed by atoms with van der Waals surface area (Å²) in [4.78, 5) is 35.6. The Morgan fingerprint density at radius 1 is 1.18 bits per heavy atom. The van der Waals surface area contributed by atoms with Gasteiger partial charge in [0.15, 0.2) is 0 Å². The van der Waals surface area contributed by atoms with Crippen LogP contribution in [0, 0.1) is 0 Å². The van der Waals surface area contributed by atoms with Crippen LogP contribution in [0.4, 0.5) is 4.79 Å². The fraction of sp³-hybridized carbons (Fsp3) is 0.400. The maximum atomic E-state index is 12.5. The average molecular weight is 366 g/mol. The SMILES string of the molecule is O=C1CCN(N2Cc3cc(CCCBr)ccc3C2=O)C(=O)N1. The number of benzene rings is 1. The first-order chi connectivity index (χ1) is 10.6. The molecular weight excluding hydrogens is 350 g/mol. The highest BCUT2D eigenvalue weighted by Crippen LogP contribution is 2.26. The van der Waals surface area contributed by atoms with E-state index in [2.05, 4.69) is 21.2 Å². The number of alkyl halides is 1. The first kappa shape index (κ1) is 15.0. The van der Waals surface area contributed by atoms with Gasteiger partial charge in [0.2, 0.25) is 5.91 Å². The second-order valence-corrected chi connectivity index (χ2v) is 6.17. The van der Waals surface area contributed by atoms with Crippen molar-refractivity contribution in [3.05, 3.63) is 34.9 Å². The van der Waals surface area contributed by atoms with E-state index < -0.39 is 6.03 Å². The minimum atomic E-state index is -0.531. The Balaban J connectivity index is 1.78. The lowest BCUT2D eigenvalue weighted by Crippen LogP contribution is -2.56. The number of aryl methyl sites for hydroxylation is 1. The molecule has 2 aliphatic heterocycles. The van der Waals surface area contributed by atoms with E-state index in [9.17, 15) is 14.4 Å². The zero-order chi connectivity index (χ0) is 15.7. The van der Waals surface area contributed by atoms with Crippen molar-refractivity contribution in [2.24, 2.45) is 0 Å². The normalized spacial score (nSPS) is 17.8. The number of nitrogens with zero attached hydrogens (tertiary/aromatic N) is 2. The molecule has 1 aromatic rings. The van der Waals surface area contributed by atoms with Crippen molar-refractivity contribution in [3.8, 4) is 0 Å². The molecule has 0 saturated carbocycles. The summed E-state index contributed by atoms with van der Waals surface area (Å²) in [6.07, 6.45) is 2.20. The molecule has 1 saturated heterocycles. The zero-order valence-corrected chi connectivity index (χ0v) is 13.6. The van der Waals surface area contributed by atoms with Crippen LogP contribution in [0.2, 0.25) is 0 Å². The van der Waals surface area contributed by atoms with Crippen LogP contribution in [-0.4, -0.2) is 39.7 Å². The number of carbonyl (C=O) groups is 3. The number of amides is 4. The van der Waals surface area contributed by atoms with E-state index in [4.69, 9.17) is 0 Å². The topological polar surface area (TPSA) is 69.7 Å². The molecule has 0 aliphatic carbocycles. The summed E-state index contributed by atoms with van der Waals surface area (Å²) >= 11 is 3.41. The Labute approximate surface area is 136 Å². The molecule has 2 heterocycles. The Morgan fingerprint density at radius 2 is 2.00 bits per heavy atom. The largest absolute Gasteiger partial charge is 0.342 e. The maximum absolute atomic E-state index is 12.5. The predicted octanol–water partition coefficient (Wildman–Crippen LogP) is 1.83. The van der Waals surface area contributed by atoms with Crippen LogP contribution in [0.25, 0.3) is 0 Å². The van der Waals surface area contributed by atoms with Gasteiger partial charge in [0.05, 0.1) is 13.1 Å². The molecule has 2 aliphatic rings. The van der Waals surface area contributed by atoms with Gasteiger partial charge in [-0.1, -0.05) is 28.1 Å². The quantitative estimate of drug-likeness (QED) is 0.827. The second kappa shape index (κ2) is 6.08. The summed E-state index contributed by atoms with van der Waals surface area (Å²) in [5.74, 6) is -0.492. The lowest BCUT2D eigenvalue weighted by Gasteiger charge is -2.33. The molecule has 116 valence electrons. The van der Waals surface area contributed by atoms with Crippen molar-refractivity contribution in [1.29, 1.82) is 0 Å². The van der Waals surface area contributed by atoms with Gasteiger partial charge in [-0.25, -0.2) is 14.8 Å². The highest BCUT2D eigenvalue weighted by Gasteiger charge is 2.36. The molecule has 0 spiro atoms. The summed E-state index contributed by atoms with van der Waals surface area (Å²) in [6.45, 7) is 0.610. The number of urea groups is 1. The number of carbonyl (C=O) groups excluding carboxylic acids is 3. The van der Waals surface area contributed by atoms with Gasteiger partial charge in [-0.15, -0.1) is 0 Å². The van der Waals surface area contributed by atoms with Gasteiger partial charge in [0, 0.05) is 17.3 Å². The second-order valence-electron chi connectivity index (χ2n) is 5.37. The number of fused-ring (bicyclic) bond motifs is 1. The van der Waals surface area contributed by atoms with Gasteiger partial charge in [0.25, 0.3) is 5.91 Å².